The summed E-state index contributed by atoms with van der Waals surface area (Å²) in [6.07, 6.45) is -1.64. The molecule has 0 amide bonds. The average molecular weight is 616 g/mol. The number of carboxylic acid groups (broad SMARTS) is 1. The number of piperidine rings is 1. The van der Waals surface area contributed by atoms with Crippen LogP contribution in [0.3, 0.4) is 0 Å². The normalized spacial score (nSPS) is 17.4. The summed E-state index contributed by atoms with van der Waals surface area (Å²) in [6, 6.07) is 7.15. The number of aromatic amines is 1. The summed E-state index contributed by atoms with van der Waals surface area (Å²) in [7, 11) is -0.327. The zero-order valence-corrected chi connectivity index (χ0v) is 23.8. The van der Waals surface area contributed by atoms with Crippen molar-refractivity contribution in [1.29, 1.82) is 0 Å². The number of nitrogens with one attached hydrogen (secondary N) is 3. The lowest BCUT2D eigenvalue weighted by atomic mass is 10.0. The van der Waals surface area contributed by atoms with Gasteiger partial charge in [-0.1, -0.05) is 0 Å². The molecule has 1 aromatic carbocycles. The first-order valence-electron chi connectivity index (χ1n) is 13.0. The molecular formula is C25H32F3N7O6S. The fourth-order valence-electron chi connectivity index (χ4n) is 4.78. The predicted octanol–water partition coefficient (Wildman–Crippen LogP) is 2.87. The Bertz CT molecular complexity index is 1490. The molecule has 13 nitrogen and oxygen atoms in total. The van der Waals surface area contributed by atoms with E-state index in [-0.39, 0.29) is 4.90 Å². The number of rotatable bonds is 7. The number of morpholine rings is 1. The lowest BCUT2D eigenvalue weighted by Crippen LogP contribution is -2.50. The fraction of sp³-hybridized carbons (Fsp3) is 0.480. The highest BCUT2D eigenvalue weighted by atomic mass is 32.2. The van der Waals surface area contributed by atoms with Crippen molar-refractivity contribution < 1.29 is 41.0 Å². The van der Waals surface area contributed by atoms with Gasteiger partial charge < -0.3 is 30.2 Å². The van der Waals surface area contributed by atoms with E-state index in [1.165, 1.54) is 7.11 Å². The molecule has 2 fully saturated rings. The molecule has 2 saturated heterocycles. The van der Waals surface area contributed by atoms with Gasteiger partial charge in [0.1, 0.15) is 17.2 Å². The van der Waals surface area contributed by atoms with Crippen molar-refractivity contribution in [2.24, 2.45) is 0 Å². The van der Waals surface area contributed by atoms with Crippen molar-refractivity contribution in [1.82, 2.24) is 24.2 Å². The van der Waals surface area contributed by atoms with Crippen LogP contribution in [-0.4, -0.2) is 109 Å². The molecular weight excluding hydrogens is 583 g/mol. The first-order chi connectivity index (χ1) is 19.9. The minimum atomic E-state index is -5.08. The van der Waals surface area contributed by atoms with Crippen LogP contribution in [0, 0.1) is 0 Å². The largest absolute Gasteiger partial charge is 0.495 e. The Balaban J connectivity index is 0.000000517. The molecule has 42 heavy (non-hydrogen) atoms. The summed E-state index contributed by atoms with van der Waals surface area (Å²) in [6.45, 7) is 4.34. The van der Waals surface area contributed by atoms with Gasteiger partial charge in [0.25, 0.3) is 0 Å². The lowest BCUT2D eigenvalue weighted by Gasteiger charge is -2.39. The molecule has 5 rings (SSSR count). The van der Waals surface area contributed by atoms with Crippen LogP contribution in [-0.2, 0) is 19.6 Å². The molecule has 0 bridgehead atoms. The Morgan fingerprint density at radius 2 is 1.81 bits per heavy atom. The van der Waals surface area contributed by atoms with Crippen LogP contribution in [0.25, 0.3) is 11.0 Å². The van der Waals surface area contributed by atoms with Crippen LogP contribution in [0.2, 0.25) is 0 Å². The van der Waals surface area contributed by atoms with Gasteiger partial charge in [0, 0.05) is 51.5 Å². The lowest BCUT2D eigenvalue weighted by molar-refractivity contribution is -0.192. The van der Waals surface area contributed by atoms with E-state index >= 15 is 0 Å². The monoisotopic (exact) mass is 615 g/mol. The number of fused-ring (bicyclic) bond motifs is 1. The Kier molecular flexibility index (Phi) is 9.75. The maximum atomic E-state index is 13.4. The number of alkyl halides is 3. The van der Waals surface area contributed by atoms with Gasteiger partial charge in [-0.2, -0.15) is 27.4 Å². The topological polar surface area (TPSA) is 162 Å². The zero-order valence-electron chi connectivity index (χ0n) is 22.9. The third kappa shape index (κ3) is 7.21. The van der Waals surface area contributed by atoms with E-state index in [0.717, 1.165) is 44.5 Å². The molecule has 0 radical (unpaired) electrons. The van der Waals surface area contributed by atoms with Gasteiger partial charge in [0.2, 0.25) is 16.0 Å². The van der Waals surface area contributed by atoms with Crippen molar-refractivity contribution in [3.63, 3.8) is 0 Å². The molecule has 4 heterocycles. The smallest absolute Gasteiger partial charge is 0.490 e. The summed E-state index contributed by atoms with van der Waals surface area (Å²) in [5.74, 6) is -1.32. The number of halogens is 3. The van der Waals surface area contributed by atoms with Crippen molar-refractivity contribution >= 4 is 44.5 Å². The molecule has 2 aromatic heterocycles. The maximum Gasteiger partial charge on any atom is 0.490 e. The summed E-state index contributed by atoms with van der Waals surface area (Å²) in [5, 5.41) is 14.2. The molecule has 2 aliphatic rings. The number of nitrogens with zero attached hydrogens (tertiary/aromatic N) is 4. The van der Waals surface area contributed by atoms with Gasteiger partial charge in [-0.25, -0.2) is 13.2 Å². The third-order valence-electron chi connectivity index (χ3n) is 6.94. The summed E-state index contributed by atoms with van der Waals surface area (Å²) in [4.78, 5) is 23.6. The number of anilines is 3. The van der Waals surface area contributed by atoms with Gasteiger partial charge in [-0.15, -0.1) is 0 Å². The van der Waals surface area contributed by atoms with E-state index < -0.39 is 22.2 Å². The first-order valence-corrected chi connectivity index (χ1v) is 14.5. The quantitative estimate of drug-likeness (QED) is 0.309. The number of carbonyl (C=O) groups is 1. The van der Waals surface area contributed by atoms with Gasteiger partial charge in [0.05, 0.1) is 36.3 Å². The SMILES string of the molecule is CNc1nc(Nc2ccc(S(=O)(=O)N3CCC(N4CCOCC4)CC3)cc2OC)nc2[nH]ccc12.O=C(O)C(F)(F)F. The Labute approximate surface area is 240 Å². The Morgan fingerprint density at radius 1 is 1.14 bits per heavy atom. The zero-order chi connectivity index (χ0) is 30.5. The van der Waals surface area contributed by atoms with Crippen molar-refractivity contribution in [3.8, 4) is 5.75 Å². The second kappa shape index (κ2) is 13.1. The highest BCUT2D eigenvalue weighted by Crippen LogP contribution is 2.33. The van der Waals surface area contributed by atoms with E-state index in [2.05, 4.69) is 30.5 Å². The number of methoxy groups -OCH3 is 1. The standard InChI is InChI=1S/C23H31N7O4S.C2HF3O2/c1-24-21-18-5-8-25-22(18)28-23(27-21)26-19-4-3-17(15-20(19)33-2)35(31,32)30-9-6-16(7-10-30)29-11-13-34-14-12-29;3-2(4,5)1(6)7/h3-5,8,15-16H,6-7,9-14H2,1-2H3,(H3,24,25,26,27,28);(H,6,7). The molecule has 4 N–H and O–H groups in total. The van der Waals surface area contributed by atoms with Gasteiger partial charge in [-0.3, -0.25) is 4.90 Å². The van der Waals surface area contributed by atoms with E-state index in [9.17, 15) is 21.6 Å². The first kappa shape index (κ1) is 31.3. The number of hydrogen-bond acceptors (Lipinski definition) is 10. The molecule has 0 aliphatic carbocycles. The Hall–Kier alpha value is -3.67. The second-order valence-corrected chi connectivity index (χ2v) is 11.4. The highest BCUT2D eigenvalue weighted by Gasteiger charge is 2.38. The Morgan fingerprint density at radius 3 is 2.40 bits per heavy atom. The fourth-order valence-corrected chi connectivity index (χ4v) is 6.27. The maximum absolute atomic E-state index is 13.4. The second-order valence-electron chi connectivity index (χ2n) is 9.46. The minimum absolute atomic E-state index is 0.210. The summed E-state index contributed by atoms with van der Waals surface area (Å²) >= 11 is 0. The van der Waals surface area contributed by atoms with Gasteiger partial charge >= 0.3 is 12.1 Å². The molecule has 0 saturated carbocycles. The molecule has 0 atom stereocenters. The molecule has 3 aromatic rings. The van der Waals surface area contributed by atoms with Crippen LogP contribution in [0.4, 0.5) is 30.6 Å². The summed E-state index contributed by atoms with van der Waals surface area (Å²) < 4.78 is 71.1. The number of aromatic nitrogens is 3. The van der Waals surface area contributed by atoms with Gasteiger partial charge in [0.15, 0.2) is 0 Å². The number of ether oxygens (including phenoxy) is 2. The van der Waals surface area contributed by atoms with Crippen molar-refractivity contribution in [2.45, 2.75) is 30.0 Å². The molecule has 2 aliphatic heterocycles. The number of H-pyrrole nitrogens is 1. The predicted molar refractivity (Wildman–Crippen MR) is 148 cm³/mol. The minimum Gasteiger partial charge on any atom is -0.495 e. The van der Waals surface area contributed by atoms with Crippen LogP contribution in [0.1, 0.15) is 12.8 Å². The van der Waals surface area contributed by atoms with Crippen molar-refractivity contribution in [3.05, 3.63) is 30.5 Å². The summed E-state index contributed by atoms with van der Waals surface area (Å²) in [5.41, 5.74) is 1.26. The van der Waals surface area contributed by atoms with E-state index in [1.54, 1.807) is 35.7 Å². The third-order valence-corrected chi connectivity index (χ3v) is 8.83. The number of aliphatic carboxylic acids is 1. The number of hydrogen-bond donors (Lipinski definition) is 4. The van der Waals surface area contributed by atoms with Crippen LogP contribution in [0.5, 0.6) is 5.75 Å². The number of benzene rings is 1. The molecule has 17 heteroatoms. The van der Waals surface area contributed by atoms with Crippen LogP contribution in [0.15, 0.2) is 35.4 Å². The molecule has 230 valence electrons. The van der Waals surface area contributed by atoms with Crippen LogP contribution >= 0.6 is 0 Å². The average Bonchev–Trinajstić information content (AvgIpc) is 3.46. The number of carboxylic acids is 1. The number of sulfonamides is 1. The van der Waals surface area contributed by atoms with Gasteiger partial charge in [-0.05, 0) is 31.0 Å². The highest BCUT2D eigenvalue weighted by molar-refractivity contribution is 7.89. The van der Waals surface area contributed by atoms with E-state index in [1.807, 2.05) is 6.07 Å². The van der Waals surface area contributed by atoms with E-state index in [0.29, 0.717) is 48.0 Å². The molecule has 0 spiro atoms. The molecule has 0 unspecified atom stereocenters. The van der Waals surface area contributed by atoms with Crippen molar-refractivity contribution in [2.75, 3.05) is 64.2 Å². The van der Waals surface area contributed by atoms with Crippen LogP contribution < -0.4 is 15.4 Å². The van der Waals surface area contributed by atoms with E-state index in [4.69, 9.17) is 19.4 Å².